The monoisotopic (exact) mass is 372 g/mol. The summed E-state index contributed by atoms with van der Waals surface area (Å²) in [7, 11) is 1.76. The third kappa shape index (κ3) is 6.71. The van der Waals surface area contributed by atoms with E-state index in [1.807, 2.05) is 0 Å². The lowest BCUT2D eigenvalue weighted by Gasteiger charge is -2.31. The highest BCUT2D eigenvalue weighted by atomic mass is 16.5. The molecule has 1 aromatic rings. The summed E-state index contributed by atoms with van der Waals surface area (Å²) in [6.45, 7) is 6.49. The summed E-state index contributed by atoms with van der Waals surface area (Å²) in [5.74, 6) is 0.996. The summed E-state index contributed by atoms with van der Waals surface area (Å²) in [6.07, 6.45) is 16.6. The van der Waals surface area contributed by atoms with Gasteiger partial charge in [-0.1, -0.05) is 38.5 Å². The van der Waals surface area contributed by atoms with Crippen molar-refractivity contribution in [2.45, 2.75) is 77.0 Å². The molecule has 0 radical (unpaired) electrons. The van der Waals surface area contributed by atoms with E-state index in [1.165, 1.54) is 121 Å². The van der Waals surface area contributed by atoms with Gasteiger partial charge in [0.15, 0.2) is 0 Å². The molecule has 0 aliphatic carbocycles. The molecule has 1 aromatic carbocycles. The first kappa shape index (κ1) is 20.5. The van der Waals surface area contributed by atoms with Crippen LogP contribution in [0.1, 0.15) is 76.2 Å². The van der Waals surface area contributed by atoms with Crippen LogP contribution in [0.5, 0.6) is 5.75 Å². The van der Waals surface area contributed by atoms with Crippen molar-refractivity contribution >= 4 is 5.69 Å². The summed E-state index contributed by atoms with van der Waals surface area (Å²) >= 11 is 0. The standard InChI is InChI=1S/C24H40N2O/c1-27-23-14-15-24-22(21-23)13-12-20-26(24)19-11-6-4-2-3-5-8-16-25-17-9-7-10-18-25/h14-15,21H,2-13,16-20H2,1H3. The van der Waals surface area contributed by atoms with Crippen molar-refractivity contribution in [1.82, 2.24) is 4.90 Å². The minimum absolute atomic E-state index is 0.996. The zero-order valence-electron chi connectivity index (χ0n) is 17.6. The number of hydrogen-bond acceptors (Lipinski definition) is 3. The molecule has 1 fully saturated rings. The number of methoxy groups -OCH3 is 1. The highest BCUT2D eigenvalue weighted by molar-refractivity contribution is 5.58. The second kappa shape index (κ2) is 11.6. The molecule has 0 aromatic heterocycles. The van der Waals surface area contributed by atoms with Gasteiger partial charge in [0, 0.05) is 18.8 Å². The minimum Gasteiger partial charge on any atom is -0.497 e. The number of fused-ring (bicyclic) bond motifs is 1. The fourth-order valence-corrected chi connectivity index (χ4v) is 4.72. The van der Waals surface area contributed by atoms with E-state index in [2.05, 4.69) is 28.0 Å². The van der Waals surface area contributed by atoms with Crippen molar-refractivity contribution in [3.63, 3.8) is 0 Å². The van der Waals surface area contributed by atoms with Crippen molar-refractivity contribution < 1.29 is 4.74 Å². The Kier molecular flexibility index (Phi) is 8.80. The Balaban J connectivity index is 1.23. The van der Waals surface area contributed by atoms with Gasteiger partial charge >= 0.3 is 0 Å². The highest BCUT2D eigenvalue weighted by Gasteiger charge is 2.16. The Labute approximate surface area is 167 Å². The van der Waals surface area contributed by atoms with Crippen LogP contribution in [0.4, 0.5) is 5.69 Å². The molecule has 0 atom stereocenters. The normalized spacial score (nSPS) is 17.7. The van der Waals surface area contributed by atoms with E-state index in [1.54, 1.807) is 7.11 Å². The Morgan fingerprint density at radius 2 is 1.48 bits per heavy atom. The maximum Gasteiger partial charge on any atom is 0.119 e. The third-order valence-corrected chi connectivity index (χ3v) is 6.35. The third-order valence-electron chi connectivity index (χ3n) is 6.35. The molecular formula is C24H40N2O. The minimum atomic E-state index is 0.996. The lowest BCUT2D eigenvalue weighted by molar-refractivity contribution is 0.224. The molecule has 3 heteroatoms. The number of unbranched alkanes of at least 4 members (excludes halogenated alkanes) is 6. The first-order valence-electron chi connectivity index (χ1n) is 11.5. The van der Waals surface area contributed by atoms with Crippen LogP contribution in [0.25, 0.3) is 0 Å². The fraction of sp³-hybridized carbons (Fsp3) is 0.750. The summed E-state index contributed by atoms with van der Waals surface area (Å²) in [5, 5.41) is 0. The van der Waals surface area contributed by atoms with Crippen LogP contribution < -0.4 is 9.64 Å². The van der Waals surface area contributed by atoms with Gasteiger partial charge < -0.3 is 14.5 Å². The number of benzene rings is 1. The molecule has 0 saturated carbocycles. The van der Waals surface area contributed by atoms with E-state index >= 15 is 0 Å². The lowest BCUT2D eigenvalue weighted by Crippen LogP contribution is -2.30. The molecule has 1 saturated heterocycles. The van der Waals surface area contributed by atoms with E-state index in [4.69, 9.17) is 4.74 Å². The summed E-state index contributed by atoms with van der Waals surface area (Å²) in [4.78, 5) is 5.27. The van der Waals surface area contributed by atoms with Crippen molar-refractivity contribution in [3.8, 4) is 5.75 Å². The molecule has 0 bridgehead atoms. The summed E-state index contributed by atoms with van der Waals surface area (Å²) in [6, 6.07) is 6.60. The number of rotatable bonds is 11. The Hall–Kier alpha value is -1.22. The maximum absolute atomic E-state index is 5.38. The first-order valence-corrected chi connectivity index (χ1v) is 11.5. The Bertz CT molecular complexity index is 539. The van der Waals surface area contributed by atoms with Crippen LogP contribution in [0.3, 0.4) is 0 Å². The highest BCUT2D eigenvalue weighted by Crippen LogP contribution is 2.30. The number of ether oxygens (including phenoxy) is 1. The zero-order valence-corrected chi connectivity index (χ0v) is 17.6. The number of likely N-dealkylation sites (tertiary alicyclic amines) is 1. The van der Waals surface area contributed by atoms with E-state index in [-0.39, 0.29) is 0 Å². The number of hydrogen-bond donors (Lipinski definition) is 0. The molecule has 3 nitrogen and oxygen atoms in total. The van der Waals surface area contributed by atoms with Crippen molar-refractivity contribution in [2.24, 2.45) is 0 Å². The van der Waals surface area contributed by atoms with E-state index in [9.17, 15) is 0 Å². The largest absolute Gasteiger partial charge is 0.497 e. The van der Waals surface area contributed by atoms with Crippen molar-refractivity contribution in [3.05, 3.63) is 23.8 Å². The van der Waals surface area contributed by atoms with Gasteiger partial charge in [-0.25, -0.2) is 0 Å². The van der Waals surface area contributed by atoms with Crippen LogP contribution in [-0.2, 0) is 6.42 Å². The maximum atomic E-state index is 5.38. The zero-order chi connectivity index (χ0) is 18.7. The number of aryl methyl sites for hydroxylation is 1. The second-order valence-corrected chi connectivity index (χ2v) is 8.46. The van der Waals surface area contributed by atoms with Crippen LogP contribution in [0.2, 0.25) is 0 Å². The fourth-order valence-electron chi connectivity index (χ4n) is 4.72. The Morgan fingerprint density at radius 3 is 2.22 bits per heavy atom. The molecule has 3 rings (SSSR count). The van der Waals surface area contributed by atoms with Crippen LogP contribution in [0.15, 0.2) is 18.2 Å². The molecule has 27 heavy (non-hydrogen) atoms. The van der Waals surface area contributed by atoms with Gasteiger partial charge in [0.1, 0.15) is 5.75 Å². The number of anilines is 1. The molecule has 152 valence electrons. The average Bonchev–Trinajstić information content (AvgIpc) is 2.73. The van der Waals surface area contributed by atoms with E-state index in [0.717, 1.165) is 5.75 Å². The smallest absolute Gasteiger partial charge is 0.119 e. The molecule has 0 N–H and O–H groups in total. The SMILES string of the molecule is COc1ccc2c(c1)CCCN2CCCCCCCCCN1CCCCC1. The molecule has 0 unspecified atom stereocenters. The van der Waals surface area contributed by atoms with Crippen LogP contribution in [0, 0.1) is 0 Å². The van der Waals surface area contributed by atoms with Crippen molar-refractivity contribution in [2.75, 3.05) is 44.7 Å². The molecule has 0 amide bonds. The first-order chi connectivity index (χ1) is 13.4. The molecule has 2 aliphatic heterocycles. The molecule has 0 spiro atoms. The van der Waals surface area contributed by atoms with Gasteiger partial charge in [-0.05, 0) is 81.9 Å². The quantitative estimate of drug-likeness (QED) is 0.466. The van der Waals surface area contributed by atoms with Gasteiger partial charge in [0.05, 0.1) is 7.11 Å². The average molecular weight is 373 g/mol. The summed E-state index contributed by atoms with van der Waals surface area (Å²) in [5.41, 5.74) is 2.91. The van der Waals surface area contributed by atoms with E-state index in [0.29, 0.717) is 0 Å². The molecule has 2 aliphatic rings. The van der Waals surface area contributed by atoms with Gasteiger partial charge in [-0.15, -0.1) is 0 Å². The predicted molar refractivity (Wildman–Crippen MR) is 116 cm³/mol. The predicted octanol–water partition coefficient (Wildman–Crippen LogP) is 5.66. The Morgan fingerprint density at radius 1 is 0.778 bits per heavy atom. The van der Waals surface area contributed by atoms with Crippen molar-refractivity contribution in [1.29, 1.82) is 0 Å². The topological polar surface area (TPSA) is 15.7 Å². The van der Waals surface area contributed by atoms with Gasteiger partial charge in [0.25, 0.3) is 0 Å². The van der Waals surface area contributed by atoms with Crippen LogP contribution >= 0.6 is 0 Å². The number of nitrogens with zero attached hydrogens (tertiary/aromatic N) is 2. The van der Waals surface area contributed by atoms with Gasteiger partial charge in [0.2, 0.25) is 0 Å². The molecular weight excluding hydrogens is 332 g/mol. The summed E-state index contributed by atoms with van der Waals surface area (Å²) < 4.78 is 5.38. The van der Waals surface area contributed by atoms with Crippen LogP contribution in [-0.4, -0.2) is 44.7 Å². The molecule has 2 heterocycles. The lowest BCUT2D eigenvalue weighted by atomic mass is 10.0. The van der Waals surface area contributed by atoms with E-state index < -0.39 is 0 Å². The van der Waals surface area contributed by atoms with Gasteiger partial charge in [-0.2, -0.15) is 0 Å². The van der Waals surface area contributed by atoms with Gasteiger partial charge in [-0.3, -0.25) is 0 Å². The second-order valence-electron chi connectivity index (χ2n) is 8.46. The number of piperidine rings is 1.